The van der Waals surface area contributed by atoms with E-state index in [1.165, 1.54) is 17.4 Å². The highest BCUT2D eigenvalue weighted by Crippen LogP contribution is 2.27. The van der Waals surface area contributed by atoms with Crippen molar-refractivity contribution < 1.29 is 14.3 Å². The molecule has 156 valence electrons. The van der Waals surface area contributed by atoms with Crippen LogP contribution in [0.1, 0.15) is 25.3 Å². The third-order valence-electron chi connectivity index (χ3n) is 4.25. The summed E-state index contributed by atoms with van der Waals surface area (Å²) in [6.45, 7) is 2.86. The normalized spacial score (nSPS) is 10.9. The second kappa shape index (κ2) is 10.9. The predicted molar refractivity (Wildman–Crippen MR) is 126 cm³/mol. The van der Waals surface area contributed by atoms with Crippen LogP contribution in [-0.2, 0) is 4.79 Å². The zero-order valence-electron chi connectivity index (χ0n) is 16.9. The Kier molecular flexibility index (Phi) is 8.04. The van der Waals surface area contributed by atoms with Crippen molar-refractivity contribution >= 4 is 44.4 Å². The van der Waals surface area contributed by atoms with Gasteiger partial charge in [-0.3, -0.25) is 10.1 Å². The van der Waals surface area contributed by atoms with E-state index in [4.69, 9.17) is 9.47 Å². The summed E-state index contributed by atoms with van der Waals surface area (Å²) in [6, 6.07) is 13.4. The highest BCUT2D eigenvalue weighted by Gasteiger charge is 2.07. The number of benzene rings is 2. The number of methoxy groups -OCH3 is 1. The van der Waals surface area contributed by atoms with Gasteiger partial charge in [-0.25, -0.2) is 4.98 Å². The molecule has 0 radical (unpaired) electrons. The molecule has 0 saturated carbocycles. The van der Waals surface area contributed by atoms with Crippen molar-refractivity contribution in [1.82, 2.24) is 4.98 Å². The molecule has 0 unspecified atom stereocenters. The molecule has 1 amide bonds. The average Bonchev–Trinajstić information content (AvgIpc) is 3.21. The molecule has 0 atom stereocenters. The number of rotatable bonds is 9. The topological polar surface area (TPSA) is 60.5 Å². The second-order valence-corrected chi connectivity index (χ2v) is 8.19. The first-order chi connectivity index (χ1) is 14.6. The zero-order valence-corrected chi connectivity index (χ0v) is 19.3. The molecule has 0 bridgehead atoms. The van der Waals surface area contributed by atoms with Crippen LogP contribution in [0.3, 0.4) is 0 Å². The molecule has 0 aliphatic rings. The number of hydrogen-bond donors (Lipinski definition) is 1. The number of hydrogen-bond acceptors (Lipinski definition) is 5. The van der Waals surface area contributed by atoms with Crippen LogP contribution in [0.5, 0.6) is 11.5 Å². The van der Waals surface area contributed by atoms with E-state index >= 15 is 0 Å². The largest absolute Gasteiger partial charge is 0.496 e. The number of aromatic nitrogens is 1. The first-order valence-electron chi connectivity index (χ1n) is 9.60. The number of ether oxygens (including phenoxy) is 2. The summed E-state index contributed by atoms with van der Waals surface area (Å²) in [5, 5.41) is 5.28. The number of thiazole rings is 1. The Bertz CT molecular complexity index is 1020. The molecule has 0 aliphatic carbocycles. The van der Waals surface area contributed by atoms with Gasteiger partial charge >= 0.3 is 0 Å². The summed E-state index contributed by atoms with van der Waals surface area (Å²) in [6.07, 6.45) is 5.38. The molecule has 2 aromatic carbocycles. The molecule has 3 rings (SSSR count). The van der Waals surface area contributed by atoms with E-state index in [1.54, 1.807) is 13.2 Å². The van der Waals surface area contributed by atoms with Crippen LogP contribution in [0.15, 0.2) is 58.4 Å². The van der Waals surface area contributed by atoms with Gasteiger partial charge in [-0.15, -0.1) is 11.3 Å². The maximum atomic E-state index is 12.2. The van der Waals surface area contributed by atoms with Crippen molar-refractivity contribution in [3.05, 3.63) is 64.0 Å². The van der Waals surface area contributed by atoms with Gasteiger partial charge in [0.15, 0.2) is 5.13 Å². The molecule has 0 fully saturated rings. The quantitative estimate of drug-likeness (QED) is 0.280. The van der Waals surface area contributed by atoms with Crippen LogP contribution in [0.25, 0.3) is 17.3 Å². The lowest BCUT2D eigenvalue weighted by molar-refractivity contribution is -0.111. The molecule has 3 aromatic rings. The standard InChI is InChI=1S/C23H23BrN2O3S/c1-3-4-13-29-18-9-7-17(8-10-18)20-15-30-23(25-20)26-22(27)12-6-16-5-11-21(28-2)19(24)14-16/h5-12,14-15H,3-4,13H2,1-2H3,(H,25,26,27)/b12-6+. The Labute approximate surface area is 188 Å². The lowest BCUT2D eigenvalue weighted by atomic mass is 10.2. The monoisotopic (exact) mass is 486 g/mol. The lowest BCUT2D eigenvalue weighted by Gasteiger charge is -2.05. The molecule has 30 heavy (non-hydrogen) atoms. The third-order valence-corrected chi connectivity index (χ3v) is 5.63. The van der Waals surface area contributed by atoms with Crippen LogP contribution in [0, 0.1) is 0 Å². The van der Waals surface area contributed by atoms with Gasteiger partial charge in [-0.05, 0) is 70.4 Å². The predicted octanol–water partition coefficient (Wildman–Crippen LogP) is 6.41. The van der Waals surface area contributed by atoms with Gasteiger partial charge < -0.3 is 9.47 Å². The van der Waals surface area contributed by atoms with Crippen molar-refractivity contribution in [3.63, 3.8) is 0 Å². The Morgan fingerprint density at radius 3 is 2.73 bits per heavy atom. The fourth-order valence-electron chi connectivity index (χ4n) is 2.63. The first kappa shape index (κ1) is 22.1. The lowest BCUT2D eigenvalue weighted by Crippen LogP contribution is -2.07. The Morgan fingerprint density at radius 1 is 1.23 bits per heavy atom. The number of halogens is 1. The van der Waals surface area contributed by atoms with Crippen molar-refractivity contribution in [2.45, 2.75) is 19.8 Å². The fraction of sp³-hybridized carbons (Fsp3) is 0.217. The zero-order chi connectivity index (χ0) is 21.3. The van der Waals surface area contributed by atoms with Crippen LogP contribution in [-0.4, -0.2) is 24.6 Å². The van der Waals surface area contributed by atoms with Crippen LogP contribution in [0.2, 0.25) is 0 Å². The van der Waals surface area contributed by atoms with Crippen molar-refractivity contribution in [2.24, 2.45) is 0 Å². The summed E-state index contributed by atoms with van der Waals surface area (Å²) in [5.74, 6) is 1.36. The molecule has 1 N–H and O–H groups in total. The summed E-state index contributed by atoms with van der Waals surface area (Å²) in [5.41, 5.74) is 2.69. The van der Waals surface area contributed by atoms with Crippen molar-refractivity contribution in [1.29, 1.82) is 0 Å². The highest BCUT2D eigenvalue weighted by molar-refractivity contribution is 9.10. The summed E-state index contributed by atoms with van der Waals surface area (Å²) < 4.78 is 11.7. The molecule has 0 spiro atoms. The van der Waals surface area contributed by atoms with E-state index in [-0.39, 0.29) is 5.91 Å². The fourth-order valence-corrected chi connectivity index (χ4v) is 3.91. The molecule has 0 saturated heterocycles. The maximum absolute atomic E-state index is 12.2. The minimum atomic E-state index is -0.234. The Morgan fingerprint density at radius 2 is 2.03 bits per heavy atom. The van der Waals surface area contributed by atoms with Gasteiger partial charge in [0.05, 0.1) is 23.9 Å². The second-order valence-electron chi connectivity index (χ2n) is 6.48. The number of carbonyl (C=O) groups is 1. The first-order valence-corrected chi connectivity index (χ1v) is 11.3. The van der Waals surface area contributed by atoms with E-state index in [0.717, 1.165) is 52.2 Å². The summed E-state index contributed by atoms with van der Waals surface area (Å²) in [4.78, 5) is 16.7. The third kappa shape index (κ3) is 6.18. The van der Waals surface area contributed by atoms with Gasteiger partial charge in [-0.1, -0.05) is 19.4 Å². The van der Waals surface area contributed by atoms with Crippen LogP contribution in [0.4, 0.5) is 5.13 Å². The number of nitrogens with zero attached hydrogens (tertiary/aromatic N) is 1. The molecule has 1 heterocycles. The Hall–Kier alpha value is -2.64. The van der Waals surface area contributed by atoms with Crippen LogP contribution >= 0.6 is 27.3 Å². The molecule has 7 heteroatoms. The van der Waals surface area contributed by atoms with E-state index in [9.17, 15) is 4.79 Å². The van der Waals surface area contributed by atoms with Crippen LogP contribution < -0.4 is 14.8 Å². The molecule has 0 aliphatic heterocycles. The number of carbonyl (C=O) groups excluding carboxylic acids is 1. The van der Waals surface area contributed by atoms with Gasteiger partial charge in [0.2, 0.25) is 5.91 Å². The average molecular weight is 487 g/mol. The highest BCUT2D eigenvalue weighted by atomic mass is 79.9. The number of amides is 1. The van der Waals surface area contributed by atoms with Gasteiger partial charge in [0, 0.05) is 17.0 Å². The minimum absolute atomic E-state index is 0.234. The van der Waals surface area contributed by atoms with E-state index in [0.29, 0.717) is 5.13 Å². The van der Waals surface area contributed by atoms with Crippen molar-refractivity contribution in [3.8, 4) is 22.8 Å². The molecule has 1 aromatic heterocycles. The van der Waals surface area contributed by atoms with Crippen molar-refractivity contribution in [2.75, 3.05) is 19.0 Å². The molecule has 5 nitrogen and oxygen atoms in total. The SMILES string of the molecule is CCCCOc1ccc(-c2csc(NC(=O)/C=C/c3ccc(OC)c(Br)c3)n2)cc1. The molecular formula is C23H23BrN2O3S. The minimum Gasteiger partial charge on any atom is -0.496 e. The van der Waals surface area contributed by atoms with Gasteiger partial charge in [0.25, 0.3) is 0 Å². The number of unbranched alkanes of at least 4 members (excludes halogenated alkanes) is 1. The molecular weight excluding hydrogens is 464 g/mol. The number of anilines is 1. The van der Waals surface area contributed by atoms with E-state index in [2.05, 4.69) is 33.2 Å². The summed E-state index contributed by atoms with van der Waals surface area (Å²) in [7, 11) is 1.61. The van der Waals surface area contributed by atoms with Gasteiger partial charge in [0.1, 0.15) is 11.5 Å². The van der Waals surface area contributed by atoms with E-state index in [1.807, 2.05) is 47.8 Å². The van der Waals surface area contributed by atoms with E-state index < -0.39 is 0 Å². The smallest absolute Gasteiger partial charge is 0.250 e. The summed E-state index contributed by atoms with van der Waals surface area (Å²) >= 11 is 4.83. The van der Waals surface area contributed by atoms with Gasteiger partial charge in [-0.2, -0.15) is 0 Å². The number of nitrogens with one attached hydrogen (secondary N) is 1. The maximum Gasteiger partial charge on any atom is 0.250 e. The Balaban J connectivity index is 1.58.